The molecule has 0 aromatic carbocycles. The number of aliphatic carboxylic acids is 1. The number of aliphatic hydroxyl groups excluding tert-OH is 1. The number of hydrogen-bond acceptors (Lipinski definition) is 5. The largest absolute Gasteiger partial charge is 0.480 e. The first-order valence-corrected chi connectivity index (χ1v) is 8.28. The summed E-state index contributed by atoms with van der Waals surface area (Å²) in [5.74, 6) is -0.788. The third-order valence-electron chi connectivity index (χ3n) is 5.25. The first-order chi connectivity index (χ1) is 10.8. The van der Waals surface area contributed by atoms with E-state index in [4.69, 9.17) is 4.74 Å². The van der Waals surface area contributed by atoms with Crippen LogP contribution in [0.5, 0.6) is 0 Å². The summed E-state index contributed by atoms with van der Waals surface area (Å²) in [6.07, 6.45) is 2.64. The van der Waals surface area contributed by atoms with E-state index < -0.39 is 23.6 Å². The number of hydrogen-bond donors (Lipinski definition) is 3. The van der Waals surface area contributed by atoms with Gasteiger partial charge in [-0.15, -0.1) is 0 Å². The van der Waals surface area contributed by atoms with Crippen LogP contribution in [0.2, 0.25) is 0 Å². The second-order valence-electron chi connectivity index (χ2n) is 7.17. The Hall–Kier alpha value is -1.40. The van der Waals surface area contributed by atoms with Crippen molar-refractivity contribution in [1.29, 1.82) is 0 Å². The second kappa shape index (κ2) is 7.01. The van der Waals surface area contributed by atoms with Crippen molar-refractivity contribution >= 4 is 11.9 Å². The van der Waals surface area contributed by atoms with Gasteiger partial charge in [-0.05, 0) is 37.0 Å². The number of ether oxygens (including phenoxy) is 1. The molecule has 0 aromatic rings. The van der Waals surface area contributed by atoms with Gasteiger partial charge in [0.15, 0.2) is 0 Å². The molecule has 3 N–H and O–H groups in total. The zero-order valence-electron chi connectivity index (χ0n) is 13.9. The molecule has 2 saturated carbocycles. The molecule has 6 heteroatoms. The molecular weight excluding hydrogens is 298 g/mol. The highest BCUT2D eigenvalue weighted by atomic mass is 16.5. The maximum absolute atomic E-state index is 11.7. The van der Waals surface area contributed by atoms with E-state index in [0.717, 1.165) is 19.3 Å². The molecule has 4 unspecified atom stereocenters. The Kier molecular flexibility index (Phi) is 5.47. The summed E-state index contributed by atoms with van der Waals surface area (Å²) >= 11 is 0. The van der Waals surface area contributed by atoms with Crippen molar-refractivity contribution in [3.63, 3.8) is 0 Å². The van der Waals surface area contributed by atoms with Crippen molar-refractivity contribution in [3.8, 4) is 0 Å². The Morgan fingerprint density at radius 1 is 1.39 bits per heavy atom. The number of esters is 1. The van der Waals surface area contributed by atoms with Crippen LogP contribution >= 0.6 is 0 Å². The predicted octanol–water partition coefficient (Wildman–Crippen LogP) is 1.34. The monoisotopic (exact) mass is 325 g/mol. The molecule has 0 spiro atoms. The maximum Gasteiger partial charge on any atom is 0.333 e. The summed E-state index contributed by atoms with van der Waals surface area (Å²) in [4.78, 5) is 23.4. The zero-order valence-corrected chi connectivity index (χ0v) is 13.9. The van der Waals surface area contributed by atoms with E-state index in [2.05, 4.69) is 11.9 Å². The van der Waals surface area contributed by atoms with Gasteiger partial charge in [-0.25, -0.2) is 4.79 Å². The Morgan fingerprint density at radius 3 is 2.57 bits per heavy atom. The average molecular weight is 325 g/mol. The molecule has 6 nitrogen and oxygen atoms in total. The van der Waals surface area contributed by atoms with Crippen LogP contribution in [0.4, 0.5) is 0 Å². The van der Waals surface area contributed by atoms with Crippen molar-refractivity contribution in [2.45, 2.75) is 51.2 Å². The molecule has 23 heavy (non-hydrogen) atoms. The minimum Gasteiger partial charge on any atom is -0.480 e. The van der Waals surface area contributed by atoms with Crippen LogP contribution < -0.4 is 5.32 Å². The van der Waals surface area contributed by atoms with E-state index in [1.165, 1.54) is 0 Å². The third-order valence-corrected chi connectivity index (χ3v) is 5.25. The van der Waals surface area contributed by atoms with Crippen molar-refractivity contribution in [2.24, 2.45) is 17.8 Å². The first kappa shape index (κ1) is 17.9. The smallest absolute Gasteiger partial charge is 0.333 e. The van der Waals surface area contributed by atoms with E-state index >= 15 is 0 Å². The Balaban J connectivity index is 1.81. The Bertz CT molecular complexity index is 489. The summed E-state index contributed by atoms with van der Waals surface area (Å²) in [6.45, 7) is 7.26. The van der Waals surface area contributed by atoms with E-state index in [1.807, 2.05) is 13.8 Å². The molecule has 2 aliphatic rings. The van der Waals surface area contributed by atoms with Crippen LogP contribution in [0.1, 0.15) is 39.5 Å². The van der Waals surface area contributed by atoms with Gasteiger partial charge < -0.3 is 14.9 Å². The molecule has 0 heterocycles. The van der Waals surface area contributed by atoms with Gasteiger partial charge in [0.2, 0.25) is 0 Å². The molecule has 0 aliphatic heterocycles. The molecule has 0 radical (unpaired) electrons. The van der Waals surface area contributed by atoms with Gasteiger partial charge in [0.05, 0.1) is 0 Å². The molecule has 2 bridgehead atoms. The van der Waals surface area contributed by atoms with Gasteiger partial charge in [-0.1, -0.05) is 26.8 Å². The summed E-state index contributed by atoms with van der Waals surface area (Å²) in [5.41, 5.74) is -0.574. The summed E-state index contributed by atoms with van der Waals surface area (Å²) < 4.78 is 5.02. The van der Waals surface area contributed by atoms with Crippen LogP contribution in [0, 0.1) is 17.8 Å². The number of fused-ring (bicyclic) bond motifs is 2. The molecule has 0 aromatic heterocycles. The van der Waals surface area contributed by atoms with Crippen molar-refractivity contribution in [1.82, 2.24) is 5.32 Å². The fraction of sp³-hybridized carbons (Fsp3) is 0.765. The number of rotatable bonds is 8. The molecule has 2 aliphatic carbocycles. The average Bonchev–Trinajstić information content (AvgIpc) is 3.10. The lowest BCUT2D eigenvalue weighted by molar-refractivity contribution is -0.148. The van der Waals surface area contributed by atoms with Crippen molar-refractivity contribution in [3.05, 3.63) is 12.2 Å². The second-order valence-corrected chi connectivity index (χ2v) is 7.17. The Morgan fingerprint density at radius 2 is 2.09 bits per heavy atom. The van der Waals surface area contributed by atoms with Crippen LogP contribution in [0.3, 0.4) is 0 Å². The van der Waals surface area contributed by atoms with Gasteiger partial charge in [-0.2, -0.15) is 0 Å². The van der Waals surface area contributed by atoms with Crippen LogP contribution in [0.15, 0.2) is 12.2 Å². The van der Waals surface area contributed by atoms with E-state index in [0.29, 0.717) is 17.9 Å². The molecule has 2 fully saturated rings. The lowest BCUT2D eigenvalue weighted by atomic mass is 9.81. The topological polar surface area (TPSA) is 95.9 Å². The Labute approximate surface area is 136 Å². The van der Waals surface area contributed by atoms with Crippen LogP contribution in [0.25, 0.3) is 0 Å². The molecule has 2 rings (SSSR count). The van der Waals surface area contributed by atoms with Gasteiger partial charge in [0.25, 0.3) is 0 Å². The third kappa shape index (κ3) is 3.75. The summed E-state index contributed by atoms with van der Waals surface area (Å²) in [7, 11) is 0. The molecule has 130 valence electrons. The van der Waals surface area contributed by atoms with Gasteiger partial charge >= 0.3 is 11.9 Å². The lowest BCUT2D eigenvalue weighted by Gasteiger charge is -2.35. The van der Waals surface area contributed by atoms with Crippen LogP contribution in [-0.2, 0) is 14.3 Å². The quantitative estimate of drug-likeness (QED) is 0.460. The normalized spacial score (nSPS) is 30.4. The molecular formula is C17H27NO5. The number of carbonyl (C=O) groups is 2. The number of nitrogens with one attached hydrogen (secondary N) is 1. The number of carboxylic acids is 1. The first-order valence-electron chi connectivity index (χ1n) is 8.28. The van der Waals surface area contributed by atoms with Crippen molar-refractivity contribution < 1.29 is 24.5 Å². The zero-order chi connectivity index (χ0) is 17.2. The van der Waals surface area contributed by atoms with E-state index in [1.54, 1.807) is 0 Å². The van der Waals surface area contributed by atoms with Crippen LogP contribution in [-0.4, -0.2) is 46.9 Å². The number of β-amino-alcohol motifs (C(OH)–C–C–N with tert-alkyl or cyclic N) is 1. The van der Waals surface area contributed by atoms with Crippen molar-refractivity contribution in [2.75, 3.05) is 13.2 Å². The predicted molar refractivity (Wildman–Crippen MR) is 84.8 cm³/mol. The SMILES string of the molecule is C=C(C(=O)OCC(O)CNC1(C(=O)O)CC2CCC1C2)C(C)C. The highest BCUT2D eigenvalue weighted by molar-refractivity contribution is 5.88. The number of aliphatic hydroxyl groups is 1. The summed E-state index contributed by atoms with van der Waals surface area (Å²) in [6, 6.07) is 0. The minimum absolute atomic E-state index is 0.0120. The summed E-state index contributed by atoms with van der Waals surface area (Å²) in [5, 5.41) is 22.6. The fourth-order valence-electron chi connectivity index (χ4n) is 3.74. The van der Waals surface area contributed by atoms with E-state index in [9.17, 15) is 19.8 Å². The van der Waals surface area contributed by atoms with E-state index in [-0.39, 0.29) is 25.0 Å². The number of carboxylic acid groups (broad SMARTS) is 1. The van der Waals surface area contributed by atoms with Gasteiger partial charge in [0, 0.05) is 12.1 Å². The van der Waals surface area contributed by atoms with Gasteiger partial charge in [-0.3, -0.25) is 10.1 Å². The molecule has 0 amide bonds. The molecule has 0 saturated heterocycles. The highest BCUT2D eigenvalue weighted by Gasteiger charge is 2.55. The lowest BCUT2D eigenvalue weighted by Crippen LogP contribution is -2.57. The fourth-order valence-corrected chi connectivity index (χ4v) is 3.74. The van der Waals surface area contributed by atoms with Gasteiger partial charge in [0.1, 0.15) is 18.2 Å². The minimum atomic E-state index is -0.936. The number of carbonyl (C=O) groups excluding carboxylic acids is 1. The maximum atomic E-state index is 11.7. The standard InChI is InChI=1S/C17H27NO5/c1-10(2)11(3)15(20)23-9-14(19)8-18-17(16(21)22)7-12-4-5-13(17)6-12/h10,12-14,18-19H,3-9H2,1-2H3,(H,21,22). The molecule has 4 atom stereocenters. The highest BCUT2D eigenvalue weighted by Crippen LogP contribution is 2.50.